The Morgan fingerprint density at radius 1 is 1.19 bits per heavy atom. The molecule has 0 aromatic heterocycles. The summed E-state index contributed by atoms with van der Waals surface area (Å²) >= 11 is 12.0. The van der Waals surface area contributed by atoms with Crippen LogP contribution in [0.4, 0.5) is 5.69 Å². The lowest BCUT2D eigenvalue weighted by molar-refractivity contribution is -0.385. The molecule has 3 rings (SSSR count). The van der Waals surface area contributed by atoms with Crippen LogP contribution in [0, 0.1) is 10.1 Å². The van der Waals surface area contributed by atoms with Crippen LogP contribution in [0.1, 0.15) is 17.4 Å². The fourth-order valence-electron chi connectivity index (χ4n) is 2.07. The van der Waals surface area contributed by atoms with Crippen LogP contribution in [-0.4, -0.2) is 4.92 Å². The number of benzene rings is 2. The first kappa shape index (κ1) is 14.1. The maximum atomic E-state index is 10.7. The lowest BCUT2D eigenvalue weighted by atomic mass is 10.1. The van der Waals surface area contributed by atoms with E-state index in [2.05, 4.69) is 0 Å². The number of nitro benzene ring substituents is 1. The number of ether oxygens (including phenoxy) is 2. The van der Waals surface area contributed by atoms with E-state index in [1.165, 1.54) is 12.1 Å². The van der Waals surface area contributed by atoms with E-state index in [0.717, 1.165) is 0 Å². The van der Waals surface area contributed by atoms with Gasteiger partial charge in [-0.3, -0.25) is 10.1 Å². The highest BCUT2D eigenvalue weighted by atomic mass is 35.5. The van der Waals surface area contributed by atoms with Crippen LogP contribution in [0.3, 0.4) is 0 Å². The van der Waals surface area contributed by atoms with Crippen molar-refractivity contribution in [2.24, 2.45) is 0 Å². The van der Waals surface area contributed by atoms with Crippen molar-refractivity contribution >= 4 is 28.9 Å². The van der Waals surface area contributed by atoms with Crippen LogP contribution < -0.4 is 4.74 Å². The Bertz CT molecular complexity index is 720. The lowest BCUT2D eigenvalue weighted by Gasteiger charge is -2.27. The molecule has 108 valence electrons. The average Bonchev–Trinajstić information content (AvgIpc) is 2.46. The summed E-state index contributed by atoms with van der Waals surface area (Å²) in [7, 11) is 0. The zero-order valence-corrected chi connectivity index (χ0v) is 12.1. The van der Waals surface area contributed by atoms with Gasteiger partial charge in [0.05, 0.1) is 16.6 Å². The van der Waals surface area contributed by atoms with Gasteiger partial charge in [0.25, 0.3) is 5.69 Å². The molecule has 5 nitrogen and oxygen atoms in total. The summed E-state index contributed by atoms with van der Waals surface area (Å²) in [6.45, 7) is 0.209. The van der Waals surface area contributed by atoms with E-state index in [9.17, 15) is 10.1 Å². The predicted octanol–water partition coefficient (Wildman–Crippen LogP) is 4.51. The maximum Gasteiger partial charge on any atom is 0.270 e. The number of halogens is 2. The topological polar surface area (TPSA) is 61.6 Å². The predicted molar refractivity (Wildman–Crippen MR) is 77.7 cm³/mol. The Hall–Kier alpha value is -1.82. The van der Waals surface area contributed by atoms with E-state index in [1.807, 2.05) is 0 Å². The molecule has 1 aliphatic heterocycles. The maximum absolute atomic E-state index is 10.7. The van der Waals surface area contributed by atoms with E-state index in [4.69, 9.17) is 32.7 Å². The van der Waals surface area contributed by atoms with Crippen LogP contribution in [0.15, 0.2) is 36.4 Å². The Labute approximate surface area is 130 Å². The lowest BCUT2D eigenvalue weighted by Crippen LogP contribution is -2.18. The normalized spacial score (nSPS) is 17.0. The molecule has 1 unspecified atom stereocenters. The van der Waals surface area contributed by atoms with Crippen molar-refractivity contribution in [2.45, 2.75) is 12.9 Å². The van der Waals surface area contributed by atoms with Crippen LogP contribution in [0.2, 0.25) is 10.0 Å². The highest BCUT2D eigenvalue weighted by Gasteiger charge is 2.25. The first-order valence-electron chi connectivity index (χ1n) is 6.05. The summed E-state index contributed by atoms with van der Waals surface area (Å²) in [4.78, 5) is 10.3. The molecule has 0 radical (unpaired) electrons. The quantitative estimate of drug-likeness (QED) is 0.602. The summed E-state index contributed by atoms with van der Waals surface area (Å²) in [6, 6.07) is 9.43. The van der Waals surface area contributed by atoms with Crippen molar-refractivity contribution in [2.75, 3.05) is 0 Å². The summed E-state index contributed by atoms with van der Waals surface area (Å²) in [5.41, 5.74) is 1.29. The second-order valence-electron chi connectivity index (χ2n) is 4.48. The number of hydrogen-bond acceptors (Lipinski definition) is 4. The number of fused-ring (bicyclic) bond motifs is 1. The number of hydrogen-bond donors (Lipinski definition) is 0. The van der Waals surface area contributed by atoms with Gasteiger partial charge in [-0.15, -0.1) is 0 Å². The van der Waals surface area contributed by atoms with Crippen molar-refractivity contribution in [3.63, 3.8) is 0 Å². The van der Waals surface area contributed by atoms with Crippen molar-refractivity contribution in [3.05, 3.63) is 67.7 Å². The zero-order valence-electron chi connectivity index (χ0n) is 10.6. The molecular weight excluding hydrogens is 317 g/mol. The summed E-state index contributed by atoms with van der Waals surface area (Å²) in [6.07, 6.45) is -0.663. The van der Waals surface area contributed by atoms with Crippen LogP contribution in [0.5, 0.6) is 5.75 Å². The van der Waals surface area contributed by atoms with Gasteiger partial charge in [0, 0.05) is 28.3 Å². The second-order valence-corrected chi connectivity index (χ2v) is 5.32. The average molecular weight is 326 g/mol. The number of nitrogens with zero attached hydrogens (tertiary/aromatic N) is 1. The van der Waals surface area contributed by atoms with Gasteiger partial charge in [-0.05, 0) is 24.3 Å². The first-order valence-corrected chi connectivity index (χ1v) is 6.81. The number of rotatable bonds is 2. The smallest absolute Gasteiger partial charge is 0.270 e. The molecule has 0 N–H and O–H groups in total. The first-order chi connectivity index (χ1) is 10.0. The third-order valence-electron chi connectivity index (χ3n) is 3.10. The Morgan fingerprint density at radius 2 is 2.00 bits per heavy atom. The minimum Gasteiger partial charge on any atom is -0.460 e. The summed E-state index contributed by atoms with van der Waals surface area (Å²) in [5, 5.41) is 11.7. The van der Waals surface area contributed by atoms with Gasteiger partial charge in [0.2, 0.25) is 6.29 Å². The van der Waals surface area contributed by atoms with E-state index < -0.39 is 11.2 Å². The van der Waals surface area contributed by atoms with Gasteiger partial charge in [-0.25, -0.2) is 0 Å². The second kappa shape index (κ2) is 5.52. The molecule has 0 bridgehead atoms. The van der Waals surface area contributed by atoms with Crippen molar-refractivity contribution < 1.29 is 14.4 Å². The highest BCUT2D eigenvalue weighted by molar-refractivity contribution is 6.35. The largest absolute Gasteiger partial charge is 0.460 e. The molecule has 0 saturated heterocycles. The van der Waals surface area contributed by atoms with Crippen molar-refractivity contribution in [3.8, 4) is 5.75 Å². The minimum atomic E-state index is -0.663. The molecule has 0 saturated carbocycles. The molecule has 0 amide bonds. The molecule has 0 fully saturated rings. The number of non-ortho nitro benzene ring substituents is 1. The molecule has 1 aliphatic rings. The number of nitro groups is 1. The molecule has 1 atom stereocenters. The van der Waals surface area contributed by atoms with Gasteiger partial charge in [-0.2, -0.15) is 0 Å². The van der Waals surface area contributed by atoms with Gasteiger partial charge in [-0.1, -0.05) is 23.2 Å². The fraction of sp³-hybridized carbons (Fsp3) is 0.143. The van der Waals surface area contributed by atoms with Crippen LogP contribution in [0.25, 0.3) is 0 Å². The van der Waals surface area contributed by atoms with Gasteiger partial charge >= 0.3 is 0 Å². The molecular formula is C14H9Cl2NO4. The highest BCUT2D eigenvalue weighted by Crippen LogP contribution is 2.37. The van der Waals surface area contributed by atoms with Gasteiger partial charge < -0.3 is 9.47 Å². The van der Waals surface area contributed by atoms with Gasteiger partial charge in [0.15, 0.2) is 0 Å². The van der Waals surface area contributed by atoms with E-state index in [0.29, 0.717) is 26.9 Å². The fourth-order valence-corrected chi connectivity index (χ4v) is 2.57. The van der Waals surface area contributed by atoms with Crippen LogP contribution in [-0.2, 0) is 11.3 Å². The molecule has 0 spiro atoms. The van der Waals surface area contributed by atoms with Crippen LogP contribution >= 0.6 is 23.2 Å². The molecule has 0 aliphatic carbocycles. The zero-order chi connectivity index (χ0) is 15.0. The van der Waals surface area contributed by atoms with Crippen molar-refractivity contribution in [1.82, 2.24) is 0 Å². The van der Waals surface area contributed by atoms with Gasteiger partial charge in [0.1, 0.15) is 5.75 Å². The molecule has 2 aromatic rings. The monoisotopic (exact) mass is 325 g/mol. The Balaban J connectivity index is 1.89. The minimum absolute atomic E-state index is 0.00363. The summed E-state index contributed by atoms with van der Waals surface area (Å²) in [5.74, 6) is 0.544. The SMILES string of the molecule is O=[N+]([O-])c1ccc2c(c1)COC(c1ccc(Cl)cc1Cl)O2. The molecule has 2 aromatic carbocycles. The molecule has 21 heavy (non-hydrogen) atoms. The molecule has 1 heterocycles. The van der Waals surface area contributed by atoms with E-state index >= 15 is 0 Å². The van der Waals surface area contributed by atoms with Crippen molar-refractivity contribution in [1.29, 1.82) is 0 Å². The third-order valence-corrected chi connectivity index (χ3v) is 3.66. The van der Waals surface area contributed by atoms with E-state index in [1.54, 1.807) is 24.3 Å². The summed E-state index contributed by atoms with van der Waals surface area (Å²) < 4.78 is 11.3. The molecule has 7 heteroatoms. The standard InChI is InChI=1S/C14H9Cl2NO4/c15-9-1-3-11(12(16)6-9)14-20-7-8-5-10(17(18)19)2-4-13(8)21-14/h1-6,14H,7H2. The van der Waals surface area contributed by atoms with E-state index in [-0.39, 0.29) is 12.3 Å². The Morgan fingerprint density at radius 3 is 2.71 bits per heavy atom. The third kappa shape index (κ3) is 2.81. The Kier molecular flexibility index (Phi) is 3.71.